The summed E-state index contributed by atoms with van der Waals surface area (Å²) in [6.45, 7) is 14.5. The van der Waals surface area contributed by atoms with E-state index in [1.807, 2.05) is 6.08 Å². The molecule has 0 saturated carbocycles. The summed E-state index contributed by atoms with van der Waals surface area (Å²) in [4.78, 5) is 0. The highest BCUT2D eigenvalue weighted by molar-refractivity contribution is 6.74. The SMILES string of the molecule is [2H]C(=C=CCCCCCO[Si](C)(C)C(C)(C)C)CCCC. The van der Waals surface area contributed by atoms with Gasteiger partial charge in [-0.25, -0.2) is 0 Å². The predicted molar refractivity (Wildman–Crippen MR) is 93.8 cm³/mol. The molecule has 0 radical (unpaired) electrons. The van der Waals surface area contributed by atoms with Crippen LogP contribution in [0.4, 0.5) is 0 Å². The van der Waals surface area contributed by atoms with Gasteiger partial charge in [0.15, 0.2) is 8.32 Å². The fourth-order valence-electron chi connectivity index (χ4n) is 1.55. The topological polar surface area (TPSA) is 9.23 Å². The lowest BCUT2D eigenvalue weighted by atomic mass is 10.2. The summed E-state index contributed by atoms with van der Waals surface area (Å²) in [5, 5.41) is 0.309. The van der Waals surface area contributed by atoms with Crippen LogP contribution in [-0.4, -0.2) is 14.9 Å². The molecule has 0 amide bonds. The Kier molecular flexibility index (Phi) is 9.25. The second-order valence-corrected chi connectivity index (χ2v) is 11.9. The molecule has 0 spiro atoms. The standard InChI is InChI=1S/C18H36OSi/c1-7-8-9-10-11-12-13-14-15-16-17-19-20(5,6)18(2,3)4/h10,12H,7-9,13-17H2,1-6H3/i10D. The first kappa shape index (κ1) is 17.7. The monoisotopic (exact) mass is 297 g/mol. The number of hydrogen-bond acceptors (Lipinski definition) is 1. The van der Waals surface area contributed by atoms with Crippen LogP contribution in [0.5, 0.6) is 0 Å². The fourth-order valence-corrected chi connectivity index (χ4v) is 2.64. The van der Waals surface area contributed by atoms with Crippen LogP contribution < -0.4 is 0 Å². The minimum absolute atomic E-state index is 0.309. The Hall–Kier alpha value is -0.303. The van der Waals surface area contributed by atoms with E-state index < -0.39 is 8.32 Å². The lowest BCUT2D eigenvalue weighted by Gasteiger charge is -2.36. The van der Waals surface area contributed by atoms with Gasteiger partial charge in [-0.1, -0.05) is 40.5 Å². The van der Waals surface area contributed by atoms with Crippen molar-refractivity contribution in [3.05, 3.63) is 17.9 Å². The Morgan fingerprint density at radius 3 is 2.40 bits per heavy atom. The van der Waals surface area contributed by atoms with E-state index in [1.54, 1.807) is 0 Å². The quantitative estimate of drug-likeness (QED) is 0.255. The average Bonchev–Trinajstić information content (AvgIpc) is 2.38. The molecule has 0 aliphatic heterocycles. The van der Waals surface area contributed by atoms with E-state index in [-0.39, 0.29) is 0 Å². The molecule has 0 rings (SSSR count). The molecule has 0 bridgehead atoms. The van der Waals surface area contributed by atoms with Crippen LogP contribution in [0, 0.1) is 0 Å². The van der Waals surface area contributed by atoms with E-state index >= 15 is 0 Å². The molecular formula is C18H36OSi. The molecule has 1 nitrogen and oxygen atoms in total. The van der Waals surface area contributed by atoms with Crippen LogP contribution >= 0.6 is 0 Å². The first-order chi connectivity index (χ1) is 9.70. The van der Waals surface area contributed by atoms with E-state index in [9.17, 15) is 0 Å². The summed E-state index contributed by atoms with van der Waals surface area (Å²) in [5.41, 5.74) is 3.09. The fraction of sp³-hybridized carbons (Fsp3) is 0.833. The van der Waals surface area contributed by atoms with Gasteiger partial charge in [-0.15, -0.1) is 5.73 Å². The van der Waals surface area contributed by atoms with Crippen LogP contribution in [0.25, 0.3) is 0 Å². The molecule has 0 unspecified atom stereocenters. The predicted octanol–water partition coefficient (Wildman–Crippen LogP) is 6.47. The smallest absolute Gasteiger partial charge is 0.191 e. The highest BCUT2D eigenvalue weighted by Crippen LogP contribution is 2.36. The lowest BCUT2D eigenvalue weighted by Crippen LogP contribution is -2.40. The van der Waals surface area contributed by atoms with Gasteiger partial charge in [0.2, 0.25) is 0 Å². The van der Waals surface area contributed by atoms with Gasteiger partial charge in [-0.05, 0) is 62.4 Å². The van der Waals surface area contributed by atoms with Gasteiger partial charge in [0.1, 0.15) is 0 Å². The Bertz CT molecular complexity index is 336. The van der Waals surface area contributed by atoms with Crippen LogP contribution in [0.1, 0.15) is 74.0 Å². The normalized spacial score (nSPS) is 12.8. The van der Waals surface area contributed by atoms with Crippen LogP contribution in [0.15, 0.2) is 17.9 Å². The van der Waals surface area contributed by atoms with E-state index in [0.717, 1.165) is 38.7 Å². The average molecular weight is 298 g/mol. The molecule has 0 aliphatic rings. The molecular weight excluding hydrogens is 260 g/mol. The molecule has 2 heteroatoms. The van der Waals surface area contributed by atoms with Gasteiger partial charge in [0.05, 0.1) is 1.37 Å². The Labute approximate surface area is 130 Å². The van der Waals surface area contributed by atoms with E-state index in [4.69, 9.17) is 5.80 Å². The number of rotatable bonds is 10. The van der Waals surface area contributed by atoms with E-state index in [2.05, 4.69) is 46.5 Å². The minimum atomic E-state index is -1.56. The van der Waals surface area contributed by atoms with Crippen LogP contribution in [0.3, 0.4) is 0 Å². The number of unbranched alkanes of at least 4 members (excludes halogenated alkanes) is 4. The van der Waals surface area contributed by atoms with Crippen molar-refractivity contribution < 1.29 is 5.80 Å². The van der Waals surface area contributed by atoms with Gasteiger partial charge < -0.3 is 4.43 Å². The maximum atomic E-state index is 7.71. The maximum absolute atomic E-state index is 7.71. The maximum Gasteiger partial charge on any atom is 0.191 e. The van der Waals surface area contributed by atoms with Crippen molar-refractivity contribution in [1.29, 1.82) is 0 Å². The zero-order valence-electron chi connectivity index (χ0n) is 15.6. The lowest BCUT2D eigenvalue weighted by molar-refractivity contribution is 0.278. The Morgan fingerprint density at radius 1 is 1.10 bits per heavy atom. The first-order valence-electron chi connectivity index (χ1n) is 8.75. The van der Waals surface area contributed by atoms with Crippen molar-refractivity contribution in [2.75, 3.05) is 6.61 Å². The van der Waals surface area contributed by atoms with Crippen molar-refractivity contribution in [3.63, 3.8) is 0 Å². The molecule has 0 aromatic carbocycles. The van der Waals surface area contributed by atoms with Crippen LogP contribution in [0.2, 0.25) is 18.1 Å². The van der Waals surface area contributed by atoms with Gasteiger partial charge in [-0.2, -0.15) is 0 Å². The third kappa shape index (κ3) is 9.58. The van der Waals surface area contributed by atoms with E-state index in [1.165, 1.54) is 12.8 Å². The highest BCUT2D eigenvalue weighted by atomic mass is 28.4. The Balaban J connectivity index is 3.72. The molecule has 0 saturated heterocycles. The van der Waals surface area contributed by atoms with Crippen molar-refractivity contribution in [2.45, 2.75) is 90.8 Å². The molecule has 0 N–H and O–H groups in total. The molecule has 0 fully saturated rings. The summed E-state index contributed by atoms with van der Waals surface area (Å²) in [6.07, 6.45) is 9.72. The molecule has 0 heterocycles. The summed E-state index contributed by atoms with van der Waals surface area (Å²) in [6, 6.07) is 0.651. The van der Waals surface area contributed by atoms with Gasteiger partial charge in [-0.3, -0.25) is 0 Å². The zero-order chi connectivity index (χ0) is 16.4. The zero-order valence-corrected chi connectivity index (χ0v) is 15.6. The minimum Gasteiger partial charge on any atom is -0.417 e. The summed E-state index contributed by atoms with van der Waals surface area (Å²) < 4.78 is 13.9. The summed E-state index contributed by atoms with van der Waals surface area (Å²) >= 11 is 0. The molecule has 0 aromatic rings. The van der Waals surface area contributed by atoms with Gasteiger partial charge in [0.25, 0.3) is 0 Å². The third-order valence-corrected chi connectivity index (χ3v) is 8.66. The van der Waals surface area contributed by atoms with Crippen molar-refractivity contribution in [1.82, 2.24) is 0 Å². The van der Waals surface area contributed by atoms with Crippen molar-refractivity contribution in [2.24, 2.45) is 0 Å². The Morgan fingerprint density at radius 2 is 1.80 bits per heavy atom. The van der Waals surface area contributed by atoms with Gasteiger partial charge >= 0.3 is 0 Å². The summed E-state index contributed by atoms with van der Waals surface area (Å²) in [5.74, 6) is 0. The summed E-state index contributed by atoms with van der Waals surface area (Å²) in [7, 11) is -1.56. The van der Waals surface area contributed by atoms with Gasteiger partial charge in [0, 0.05) is 6.61 Å². The molecule has 0 aromatic heterocycles. The van der Waals surface area contributed by atoms with Crippen molar-refractivity contribution in [3.8, 4) is 0 Å². The third-order valence-electron chi connectivity index (χ3n) is 4.12. The second kappa shape index (κ2) is 10.4. The second-order valence-electron chi connectivity index (χ2n) is 7.09. The molecule has 118 valence electrons. The largest absolute Gasteiger partial charge is 0.417 e. The molecule has 0 atom stereocenters. The number of hydrogen-bond donors (Lipinski definition) is 0. The van der Waals surface area contributed by atoms with Crippen molar-refractivity contribution >= 4 is 8.32 Å². The van der Waals surface area contributed by atoms with Crippen LogP contribution in [-0.2, 0) is 4.43 Å². The molecule has 20 heavy (non-hydrogen) atoms. The first-order valence-corrected chi connectivity index (χ1v) is 11.2. The van der Waals surface area contributed by atoms with E-state index in [0.29, 0.717) is 11.1 Å². The molecule has 0 aliphatic carbocycles. The number of allylic oxidation sites excluding steroid dienone is 1. The highest BCUT2D eigenvalue weighted by Gasteiger charge is 2.36.